The largest absolute Gasteiger partial charge is 0.508 e. The zero-order valence-electron chi connectivity index (χ0n) is 7.74. The van der Waals surface area contributed by atoms with Crippen LogP contribution in [0.3, 0.4) is 0 Å². The molecule has 0 radical (unpaired) electrons. The van der Waals surface area contributed by atoms with Crippen molar-refractivity contribution in [2.45, 2.75) is 19.9 Å². The second kappa shape index (κ2) is 3.58. The van der Waals surface area contributed by atoms with Crippen molar-refractivity contribution in [2.24, 2.45) is 5.73 Å². The molecule has 3 heteroatoms. The van der Waals surface area contributed by atoms with Crippen molar-refractivity contribution >= 4 is 5.78 Å². The molecule has 0 aromatic heterocycles. The van der Waals surface area contributed by atoms with Gasteiger partial charge in [-0.2, -0.15) is 0 Å². The molecule has 3 N–H and O–H groups in total. The zero-order chi connectivity index (χ0) is 10.0. The molecule has 1 unspecified atom stereocenters. The lowest BCUT2D eigenvalue weighted by molar-refractivity contribution is -0.118. The smallest absolute Gasteiger partial charge is 0.150 e. The molecule has 0 spiro atoms. The molecule has 70 valence electrons. The van der Waals surface area contributed by atoms with Crippen LogP contribution in [0.2, 0.25) is 0 Å². The van der Waals surface area contributed by atoms with Crippen molar-refractivity contribution in [1.82, 2.24) is 0 Å². The average molecular weight is 179 g/mol. The molecule has 1 aromatic carbocycles. The summed E-state index contributed by atoms with van der Waals surface area (Å²) in [7, 11) is 0. The second-order valence-electron chi connectivity index (χ2n) is 3.13. The number of hydrogen-bond donors (Lipinski definition) is 2. The Labute approximate surface area is 77.2 Å². The number of hydrogen-bond acceptors (Lipinski definition) is 3. The summed E-state index contributed by atoms with van der Waals surface area (Å²) in [6.45, 7) is 3.22. The molecule has 3 nitrogen and oxygen atoms in total. The molecular weight excluding hydrogens is 166 g/mol. The fraction of sp³-hybridized carbons (Fsp3) is 0.300. The molecule has 0 aliphatic carbocycles. The fourth-order valence-electron chi connectivity index (χ4n) is 1.11. The Balaban J connectivity index is 3.03. The minimum Gasteiger partial charge on any atom is -0.508 e. The van der Waals surface area contributed by atoms with Gasteiger partial charge >= 0.3 is 0 Å². The number of rotatable bonds is 2. The van der Waals surface area contributed by atoms with Crippen molar-refractivity contribution in [3.63, 3.8) is 0 Å². The third-order valence-corrected chi connectivity index (χ3v) is 2.02. The molecule has 1 atom stereocenters. The Bertz CT molecular complexity index is 334. The van der Waals surface area contributed by atoms with Crippen molar-refractivity contribution in [2.75, 3.05) is 0 Å². The van der Waals surface area contributed by atoms with Crippen LogP contribution in [0.1, 0.15) is 24.1 Å². The van der Waals surface area contributed by atoms with Crippen LogP contribution in [0.5, 0.6) is 5.75 Å². The van der Waals surface area contributed by atoms with Gasteiger partial charge in [-0.15, -0.1) is 0 Å². The Kier molecular flexibility index (Phi) is 2.68. The van der Waals surface area contributed by atoms with Crippen LogP contribution < -0.4 is 5.73 Å². The standard InChI is InChI=1S/C10H13NO2/c1-6-5-8(3-4-9(6)13)10(11)7(2)12/h3-5,10,13H,11H2,1-2H3. The van der Waals surface area contributed by atoms with Gasteiger partial charge in [0.15, 0.2) is 5.78 Å². The number of nitrogens with two attached hydrogens (primary N) is 1. The number of ketones is 1. The second-order valence-corrected chi connectivity index (χ2v) is 3.13. The Morgan fingerprint density at radius 1 is 1.54 bits per heavy atom. The van der Waals surface area contributed by atoms with Crippen molar-refractivity contribution in [3.05, 3.63) is 29.3 Å². The van der Waals surface area contributed by atoms with E-state index in [1.54, 1.807) is 25.1 Å². The van der Waals surface area contributed by atoms with E-state index in [9.17, 15) is 9.90 Å². The summed E-state index contributed by atoms with van der Waals surface area (Å²) in [5.41, 5.74) is 7.10. The molecule has 1 aromatic rings. The van der Waals surface area contributed by atoms with E-state index >= 15 is 0 Å². The van der Waals surface area contributed by atoms with E-state index in [1.165, 1.54) is 6.92 Å². The van der Waals surface area contributed by atoms with Crippen LogP contribution in [0.15, 0.2) is 18.2 Å². The van der Waals surface area contributed by atoms with E-state index in [0.29, 0.717) is 0 Å². The maximum absolute atomic E-state index is 11.0. The maximum Gasteiger partial charge on any atom is 0.150 e. The van der Waals surface area contributed by atoms with E-state index in [0.717, 1.165) is 11.1 Å². The van der Waals surface area contributed by atoms with E-state index in [4.69, 9.17) is 5.73 Å². The van der Waals surface area contributed by atoms with Gasteiger partial charge in [0.05, 0.1) is 6.04 Å². The van der Waals surface area contributed by atoms with Gasteiger partial charge in [-0.3, -0.25) is 4.79 Å². The lowest BCUT2D eigenvalue weighted by Gasteiger charge is -2.09. The molecule has 0 heterocycles. The van der Waals surface area contributed by atoms with Gasteiger partial charge in [0.2, 0.25) is 0 Å². The third-order valence-electron chi connectivity index (χ3n) is 2.02. The number of phenols is 1. The molecule has 0 aliphatic heterocycles. The number of aromatic hydroxyl groups is 1. The topological polar surface area (TPSA) is 63.3 Å². The number of carbonyl (C=O) groups is 1. The van der Waals surface area contributed by atoms with E-state index < -0.39 is 6.04 Å². The van der Waals surface area contributed by atoms with Crippen LogP contribution in [0.25, 0.3) is 0 Å². The highest BCUT2D eigenvalue weighted by molar-refractivity contribution is 5.82. The first-order valence-electron chi connectivity index (χ1n) is 4.08. The van der Waals surface area contributed by atoms with Crippen molar-refractivity contribution in [1.29, 1.82) is 0 Å². The third kappa shape index (κ3) is 2.06. The highest BCUT2D eigenvalue weighted by Crippen LogP contribution is 2.20. The minimum absolute atomic E-state index is 0.0786. The highest BCUT2D eigenvalue weighted by atomic mass is 16.3. The van der Waals surface area contributed by atoms with Gasteiger partial charge < -0.3 is 10.8 Å². The maximum atomic E-state index is 11.0. The monoisotopic (exact) mass is 179 g/mol. The van der Waals surface area contributed by atoms with Crippen LogP contribution in [-0.4, -0.2) is 10.9 Å². The Hall–Kier alpha value is -1.35. The van der Waals surface area contributed by atoms with Crippen LogP contribution in [0, 0.1) is 6.92 Å². The van der Waals surface area contributed by atoms with Gasteiger partial charge in [0.1, 0.15) is 5.75 Å². The molecule has 13 heavy (non-hydrogen) atoms. The van der Waals surface area contributed by atoms with Gasteiger partial charge in [0, 0.05) is 0 Å². The number of Topliss-reactive ketones (excluding diaryl/α,β-unsaturated/α-hetero) is 1. The molecule has 0 bridgehead atoms. The average Bonchev–Trinajstić information content (AvgIpc) is 2.08. The summed E-state index contributed by atoms with van der Waals surface area (Å²) in [5.74, 6) is 0.143. The molecular formula is C10H13NO2. The van der Waals surface area contributed by atoms with Gasteiger partial charge in [0.25, 0.3) is 0 Å². The number of benzene rings is 1. The summed E-state index contributed by atoms with van der Waals surface area (Å²) in [6.07, 6.45) is 0. The highest BCUT2D eigenvalue weighted by Gasteiger charge is 2.11. The predicted octanol–water partition coefficient (Wildman–Crippen LogP) is 1.29. The normalized spacial score (nSPS) is 12.5. The van der Waals surface area contributed by atoms with E-state index in [-0.39, 0.29) is 11.5 Å². The van der Waals surface area contributed by atoms with Gasteiger partial charge in [-0.1, -0.05) is 12.1 Å². The summed E-state index contributed by atoms with van der Waals surface area (Å²) in [6, 6.07) is 4.35. The quantitative estimate of drug-likeness (QED) is 0.719. The number of aryl methyl sites for hydroxylation is 1. The van der Waals surface area contributed by atoms with Gasteiger partial charge in [-0.25, -0.2) is 0 Å². The lowest BCUT2D eigenvalue weighted by Crippen LogP contribution is -2.18. The molecule has 0 aliphatic rings. The van der Waals surface area contributed by atoms with Crippen LogP contribution >= 0.6 is 0 Å². The SMILES string of the molecule is CC(=O)C(N)c1ccc(O)c(C)c1. The molecule has 0 saturated carbocycles. The summed E-state index contributed by atoms with van der Waals surface area (Å²) >= 11 is 0. The van der Waals surface area contributed by atoms with E-state index in [2.05, 4.69) is 0 Å². The first-order valence-corrected chi connectivity index (χ1v) is 4.08. The van der Waals surface area contributed by atoms with Crippen molar-refractivity contribution in [3.8, 4) is 5.75 Å². The fourth-order valence-corrected chi connectivity index (χ4v) is 1.11. The summed E-state index contributed by atoms with van der Waals surface area (Å²) in [5, 5.41) is 9.24. The Morgan fingerprint density at radius 2 is 2.15 bits per heavy atom. The lowest BCUT2D eigenvalue weighted by atomic mass is 10.0. The van der Waals surface area contributed by atoms with Crippen LogP contribution in [-0.2, 0) is 4.79 Å². The number of phenolic OH excluding ortho intramolecular Hbond substituents is 1. The molecule has 1 rings (SSSR count). The summed E-state index contributed by atoms with van der Waals surface area (Å²) < 4.78 is 0. The first kappa shape index (κ1) is 9.74. The van der Waals surface area contributed by atoms with E-state index in [1.807, 2.05) is 0 Å². The number of carbonyl (C=O) groups excluding carboxylic acids is 1. The van der Waals surface area contributed by atoms with Crippen LogP contribution in [0.4, 0.5) is 0 Å². The minimum atomic E-state index is -0.584. The molecule has 0 amide bonds. The van der Waals surface area contributed by atoms with Gasteiger partial charge in [-0.05, 0) is 31.0 Å². The molecule has 0 saturated heterocycles. The first-order chi connectivity index (χ1) is 6.02. The zero-order valence-corrected chi connectivity index (χ0v) is 7.74. The van der Waals surface area contributed by atoms with Crippen molar-refractivity contribution < 1.29 is 9.90 Å². The summed E-state index contributed by atoms with van der Waals surface area (Å²) in [4.78, 5) is 11.0. The Morgan fingerprint density at radius 3 is 2.62 bits per heavy atom. The molecule has 0 fully saturated rings. The predicted molar refractivity (Wildman–Crippen MR) is 50.5 cm³/mol.